The maximum atomic E-state index is 12.7. The number of rotatable bonds is 10. The summed E-state index contributed by atoms with van der Waals surface area (Å²) in [6, 6.07) is 10.8. The summed E-state index contributed by atoms with van der Waals surface area (Å²) in [5, 5.41) is 27.5. The van der Waals surface area contributed by atoms with Crippen LogP contribution in [0.3, 0.4) is 0 Å². The number of phenolic OH excluding ortho intramolecular Hbond substituents is 2. The van der Waals surface area contributed by atoms with Crippen molar-refractivity contribution in [2.75, 3.05) is 46.3 Å². The summed E-state index contributed by atoms with van der Waals surface area (Å²) in [6.07, 6.45) is 1.70. The fourth-order valence-corrected chi connectivity index (χ4v) is 5.25. The third kappa shape index (κ3) is 8.39. The second-order valence-electron chi connectivity index (χ2n) is 12.7. The van der Waals surface area contributed by atoms with Crippen LogP contribution >= 0.6 is 0 Å². The Morgan fingerprint density at radius 1 is 1.02 bits per heavy atom. The Morgan fingerprint density at radius 2 is 1.67 bits per heavy atom. The highest BCUT2D eigenvalue weighted by Gasteiger charge is 2.22. The van der Waals surface area contributed by atoms with E-state index < -0.39 is 11.3 Å². The van der Waals surface area contributed by atoms with Crippen LogP contribution in [0.4, 0.5) is 4.79 Å². The normalized spacial score (nSPS) is 14.8. The number of hydrogen-bond donors (Lipinski definition) is 3. The SMILES string of the molecule is CC(C)c1cc(-c2n[nH]c(=O)n2-c2ccc(CN3CCN(CCCCN(C)C(=O)OC(C)(C)C)CC3)cc2)c(O)cc1O. The highest BCUT2D eigenvalue weighted by Crippen LogP contribution is 2.37. The fourth-order valence-electron chi connectivity index (χ4n) is 5.25. The molecule has 1 saturated heterocycles. The quantitative estimate of drug-likeness (QED) is 0.292. The first kappa shape index (κ1) is 32.1. The average Bonchev–Trinajstić information content (AvgIpc) is 3.32. The Bertz CT molecular complexity index is 1430. The molecular weight excluding hydrogens is 548 g/mol. The van der Waals surface area contributed by atoms with E-state index in [0.717, 1.165) is 57.7 Å². The molecule has 1 amide bonds. The number of nitrogens with one attached hydrogen (secondary N) is 1. The molecule has 2 aromatic carbocycles. The van der Waals surface area contributed by atoms with E-state index in [1.54, 1.807) is 18.0 Å². The van der Waals surface area contributed by atoms with Gasteiger partial charge in [0.2, 0.25) is 0 Å². The first-order valence-corrected chi connectivity index (χ1v) is 15.0. The molecule has 2 heterocycles. The molecule has 11 nitrogen and oxygen atoms in total. The number of hydrogen-bond acceptors (Lipinski definition) is 8. The summed E-state index contributed by atoms with van der Waals surface area (Å²) >= 11 is 0. The van der Waals surface area contributed by atoms with Gasteiger partial charge in [0.25, 0.3) is 0 Å². The van der Waals surface area contributed by atoms with Crippen molar-refractivity contribution in [3.63, 3.8) is 0 Å². The van der Waals surface area contributed by atoms with Gasteiger partial charge in [0.05, 0.1) is 11.3 Å². The molecule has 0 atom stereocenters. The van der Waals surface area contributed by atoms with Gasteiger partial charge < -0.3 is 24.7 Å². The molecule has 43 heavy (non-hydrogen) atoms. The van der Waals surface area contributed by atoms with E-state index >= 15 is 0 Å². The Kier molecular flexibility index (Phi) is 10.2. The van der Waals surface area contributed by atoms with E-state index in [9.17, 15) is 19.8 Å². The number of carbonyl (C=O) groups is 1. The zero-order valence-electron chi connectivity index (χ0n) is 26.3. The van der Waals surface area contributed by atoms with Crippen LogP contribution in [0.25, 0.3) is 17.1 Å². The van der Waals surface area contributed by atoms with Gasteiger partial charge in [-0.3, -0.25) is 4.90 Å². The minimum Gasteiger partial charge on any atom is -0.508 e. The monoisotopic (exact) mass is 594 g/mol. The summed E-state index contributed by atoms with van der Waals surface area (Å²) in [5.41, 5.74) is 1.93. The molecule has 0 saturated carbocycles. The molecule has 4 rings (SSSR count). The van der Waals surface area contributed by atoms with Gasteiger partial charge in [-0.2, -0.15) is 5.10 Å². The first-order chi connectivity index (χ1) is 20.3. The Morgan fingerprint density at radius 3 is 2.30 bits per heavy atom. The number of amides is 1. The molecule has 3 aromatic rings. The average molecular weight is 595 g/mol. The van der Waals surface area contributed by atoms with Crippen LogP contribution in [0.2, 0.25) is 0 Å². The number of unbranched alkanes of at least 4 members (excludes halogenated alkanes) is 1. The minimum absolute atomic E-state index is 0.00833. The van der Waals surface area contributed by atoms with Crippen LogP contribution in [-0.2, 0) is 11.3 Å². The lowest BCUT2D eigenvalue weighted by atomic mass is 9.98. The van der Waals surface area contributed by atoms with Crippen LogP contribution in [0, 0.1) is 0 Å². The highest BCUT2D eigenvalue weighted by molar-refractivity contribution is 5.69. The summed E-state index contributed by atoms with van der Waals surface area (Å²) < 4.78 is 6.85. The number of piperazine rings is 1. The van der Waals surface area contributed by atoms with Crippen LogP contribution in [0.15, 0.2) is 41.2 Å². The molecule has 1 aliphatic rings. The molecule has 0 unspecified atom stereocenters. The summed E-state index contributed by atoms with van der Waals surface area (Å²) in [6.45, 7) is 16.0. The van der Waals surface area contributed by atoms with Crippen molar-refractivity contribution < 1.29 is 19.7 Å². The van der Waals surface area contributed by atoms with Gasteiger partial charge in [0, 0.05) is 52.4 Å². The van der Waals surface area contributed by atoms with E-state index in [1.807, 2.05) is 58.9 Å². The second kappa shape index (κ2) is 13.6. The van der Waals surface area contributed by atoms with Crippen LogP contribution < -0.4 is 5.69 Å². The Hall–Kier alpha value is -3.83. The molecular formula is C32H46N6O5. The molecule has 0 spiro atoms. The second-order valence-corrected chi connectivity index (χ2v) is 12.7. The van der Waals surface area contributed by atoms with Crippen LogP contribution in [0.1, 0.15) is 64.5 Å². The van der Waals surface area contributed by atoms with Crippen molar-refractivity contribution in [1.29, 1.82) is 0 Å². The van der Waals surface area contributed by atoms with E-state index in [4.69, 9.17) is 4.74 Å². The molecule has 1 aliphatic heterocycles. The number of phenols is 2. The molecule has 0 aliphatic carbocycles. The number of nitrogens with zero attached hydrogens (tertiary/aromatic N) is 5. The predicted molar refractivity (Wildman–Crippen MR) is 167 cm³/mol. The van der Waals surface area contributed by atoms with Gasteiger partial charge >= 0.3 is 11.8 Å². The van der Waals surface area contributed by atoms with Gasteiger partial charge in [0.15, 0.2) is 5.82 Å². The van der Waals surface area contributed by atoms with Crippen molar-refractivity contribution >= 4 is 6.09 Å². The summed E-state index contributed by atoms with van der Waals surface area (Å²) in [5.74, 6) is 0.169. The third-order valence-corrected chi connectivity index (χ3v) is 7.67. The van der Waals surface area contributed by atoms with E-state index in [0.29, 0.717) is 23.4 Å². The number of aromatic nitrogens is 3. The summed E-state index contributed by atoms with van der Waals surface area (Å²) in [4.78, 5) is 31.4. The number of ether oxygens (including phenoxy) is 1. The number of aromatic amines is 1. The maximum Gasteiger partial charge on any atom is 0.410 e. The van der Waals surface area contributed by atoms with Crippen molar-refractivity contribution in [3.8, 4) is 28.6 Å². The zero-order valence-corrected chi connectivity index (χ0v) is 26.3. The smallest absolute Gasteiger partial charge is 0.410 e. The van der Waals surface area contributed by atoms with E-state index in [2.05, 4.69) is 20.0 Å². The molecule has 0 radical (unpaired) electrons. The van der Waals surface area contributed by atoms with Gasteiger partial charge in [0.1, 0.15) is 17.1 Å². The van der Waals surface area contributed by atoms with Gasteiger partial charge in [-0.15, -0.1) is 0 Å². The topological polar surface area (TPSA) is 127 Å². The van der Waals surface area contributed by atoms with Gasteiger partial charge in [-0.1, -0.05) is 26.0 Å². The van der Waals surface area contributed by atoms with Crippen molar-refractivity contribution in [3.05, 3.63) is 58.0 Å². The van der Waals surface area contributed by atoms with Crippen LogP contribution in [0.5, 0.6) is 11.5 Å². The fraction of sp³-hybridized carbons (Fsp3) is 0.531. The standard InChI is InChI=1S/C32H46N6O5/c1-22(2)25-19-26(28(40)20-27(25)39)29-33-34-30(41)38(29)24-11-9-23(10-12-24)21-37-17-15-36(16-18-37)14-8-7-13-35(6)31(42)43-32(3,4)5/h9-12,19-20,22,39-40H,7-8,13-18,21H2,1-6H3,(H,34,41). The Labute approximate surface area is 253 Å². The number of carbonyl (C=O) groups excluding carboxylic acids is 1. The molecule has 234 valence electrons. The van der Waals surface area contributed by atoms with E-state index in [1.165, 1.54) is 10.6 Å². The van der Waals surface area contributed by atoms with Crippen molar-refractivity contribution in [1.82, 2.24) is 29.5 Å². The molecule has 0 bridgehead atoms. The highest BCUT2D eigenvalue weighted by atomic mass is 16.6. The number of benzene rings is 2. The molecule has 11 heteroatoms. The predicted octanol–water partition coefficient (Wildman–Crippen LogP) is 4.53. The molecule has 1 fully saturated rings. The lowest BCUT2D eigenvalue weighted by Crippen LogP contribution is -2.46. The zero-order chi connectivity index (χ0) is 31.3. The van der Waals surface area contributed by atoms with Gasteiger partial charge in [-0.25, -0.2) is 19.3 Å². The largest absolute Gasteiger partial charge is 0.508 e. The van der Waals surface area contributed by atoms with E-state index in [-0.39, 0.29) is 29.3 Å². The third-order valence-electron chi connectivity index (χ3n) is 7.67. The number of H-pyrrole nitrogens is 1. The lowest BCUT2D eigenvalue weighted by molar-refractivity contribution is 0.0294. The Balaban J connectivity index is 1.29. The molecule has 1 aromatic heterocycles. The first-order valence-electron chi connectivity index (χ1n) is 15.0. The van der Waals surface area contributed by atoms with Crippen LogP contribution in [-0.4, -0.2) is 97.7 Å². The molecule has 3 N–H and O–H groups in total. The van der Waals surface area contributed by atoms with Gasteiger partial charge in [-0.05, 0) is 75.4 Å². The summed E-state index contributed by atoms with van der Waals surface area (Å²) in [7, 11) is 1.79. The van der Waals surface area contributed by atoms with Crippen molar-refractivity contribution in [2.45, 2.75) is 65.5 Å². The van der Waals surface area contributed by atoms with Crippen molar-refractivity contribution in [2.24, 2.45) is 0 Å². The lowest BCUT2D eigenvalue weighted by Gasteiger charge is -2.34. The minimum atomic E-state index is -0.479. The maximum absolute atomic E-state index is 12.7. The number of aromatic hydroxyl groups is 2.